The fourth-order valence-electron chi connectivity index (χ4n) is 2.70. The second kappa shape index (κ2) is 10.0. The molecule has 0 aromatic heterocycles. The fourth-order valence-corrected chi connectivity index (χ4v) is 2.70. The van der Waals surface area contributed by atoms with E-state index in [2.05, 4.69) is 41.1 Å². The van der Waals surface area contributed by atoms with Gasteiger partial charge in [-0.15, -0.1) is 0 Å². The van der Waals surface area contributed by atoms with Crippen LogP contribution in [-0.2, 0) is 0 Å². The number of rotatable bonds is 5. The van der Waals surface area contributed by atoms with Crippen molar-refractivity contribution in [2.24, 2.45) is 0 Å². The Morgan fingerprint density at radius 2 is 1.85 bits per heavy atom. The third-order valence-corrected chi connectivity index (χ3v) is 4.02. The van der Waals surface area contributed by atoms with E-state index in [4.69, 9.17) is 0 Å². The molecule has 116 valence electrons. The van der Waals surface area contributed by atoms with Crippen molar-refractivity contribution in [2.45, 2.75) is 40.5 Å². The Balaban J connectivity index is 0.000000956. The molecular formula is C17H33N3. The zero-order valence-corrected chi connectivity index (χ0v) is 13.9. The standard InChI is InChI=1S/C15H27N3.C2H6/c1-3-18(15-6-4-14(2)5-7-15)13-12-17-10-8-16-9-11-17;1-2/h4,6,16H,3,5,7-13H2,1-2H3;1-2H3. The van der Waals surface area contributed by atoms with Crippen molar-refractivity contribution in [3.8, 4) is 0 Å². The van der Waals surface area contributed by atoms with Crippen LogP contribution in [-0.4, -0.2) is 55.6 Å². The Morgan fingerprint density at radius 3 is 2.40 bits per heavy atom. The normalized spacial score (nSPS) is 19.6. The molecule has 20 heavy (non-hydrogen) atoms. The average Bonchev–Trinajstić information content (AvgIpc) is 2.52. The second-order valence-corrected chi connectivity index (χ2v) is 5.34. The maximum absolute atomic E-state index is 3.41. The van der Waals surface area contributed by atoms with Crippen LogP contribution < -0.4 is 5.32 Å². The minimum atomic E-state index is 1.13. The van der Waals surface area contributed by atoms with Crippen LogP contribution in [0, 0.1) is 0 Å². The summed E-state index contributed by atoms with van der Waals surface area (Å²) in [6.45, 7) is 16.7. The third-order valence-electron chi connectivity index (χ3n) is 4.02. The molecule has 0 radical (unpaired) electrons. The summed E-state index contributed by atoms with van der Waals surface area (Å²) in [5.41, 5.74) is 3.04. The lowest BCUT2D eigenvalue weighted by Gasteiger charge is -2.32. The second-order valence-electron chi connectivity index (χ2n) is 5.34. The van der Waals surface area contributed by atoms with Gasteiger partial charge in [0.2, 0.25) is 0 Å². The van der Waals surface area contributed by atoms with Gasteiger partial charge in [-0.25, -0.2) is 0 Å². The van der Waals surface area contributed by atoms with Crippen LogP contribution in [0.4, 0.5) is 0 Å². The zero-order valence-electron chi connectivity index (χ0n) is 13.9. The van der Waals surface area contributed by atoms with E-state index in [0.29, 0.717) is 0 Å². The van der Waals surface area contributed by atoms with Crippen molar-refractivity contribution in [3.63, 3.8) is 0 Å². The summed E-state index contributed by atoms with van der Waals surface area (Å²) in [7, 11) is 0. The number of piperazine rings is 1. The number of hydrogen-bond acceptors (Lipinski definition) is 3. The fraction of sp³-hybridized carbons (Fsp3) is 0.765. The van der Waals surface area contributed by atoms with Gasteiger partial charge in [0.1, 0.15) is 0 Å². The van der Waals surface area contributed by atoms with Crippen LogP contribution in [0.25, 0.3) is 0 Å². The molecular weight excluding hydrogens is 246 g/mol. The van der Waals surface area contributed by atoms with Gasteiger partial charge in [0.25, 0.3) is 0 Å². The number of allylic oxidation sites excluding steroid dienone is 4. The molecule has 3 heteroatoms. The molecule has 1 heterocycles. The van der Waals surface area contributed by atoms with Crippen molar-refractivity contribution < 1.29 is 0 Å². The van der Waals surface area contributed by atoms with E-state index in [1.54, 1.807) is 0 Å². The summed E-state index contributed by atoms with van der Waals surface area (Å²) in [6, 6.07) is 0. The maximum atomic E-state index is 3.41. The third kappa shape index (κ3) is 5.68. The summed E-state index contributed by atoms with van der Waals surface area (Å²) in [4.78, 5) is 5.12. The molecule has 1 aliphatic heterocycles. The van der Waals surface area contributed by atoms with Gasteiger partial charge in [0, 0.05) is 51.5 Å². The van der Waals surface area contributed by atoms with E-state index in [1.165, 1.54) is 50.3 Å². The Bertz CT molecular complexity index is 314. The van der Waals surface area contributed by atoms with E-state index >= 15 is 0 Å². The molecule has 3 nitrogen and oxygen atoms in total. The quantitative estimate of drug-likeness (QED) is 0.835. The highest BCUT2D eigenvalue weighted by Gasteiger charge is 2.13. The summed E-state index contributed by atoms with van der Waals surface area (Å²) >= 11 is 0. The molecule has 0 atom stereocenters. The SMILES string of the molecule is CC.CCN(CCN1CCNCC1)C1=CC=C(C)CC1. The first-order valence-corrected chi connectivity index (χ1v) is 8.34. The van der Waals surface area contributed by atoms with Crippen molar-refractivity contribution in [1.29, 1.82) is 0 Å². The minimum Gasteiger partial charge on any atom is -0.374 e. The Labute approximate surface area is 125 Å². The molecule has 1 fully saturated rings. The molecule has 1 N–H and O–H groups in total. The van der Waals surface area contributed by atoms with E-state index in [0.717, 1.165) is 19.6 Å². The van der Waals surface area contributed by atoms with Gasteiger partial charge in [-0.05, 0) is 32.8 Å². The smallest absolute Gasteiger partial charge is 0.0302 e. The van der Waals surface area contributed by atoms with Crippen LogP contribution in [0.5, 0.6) is 0 Å². The molecule has 0 aromatic rings. The van der Waals surface area contributed by atoms with Crippen LogP contribution in [0.15, 0.2) is 23.4 Å². The molecule has 0 aromatic carbocycles. The Kier molecular flexibility index (Phi) is 8.63. The summed E-state index contributed by atoms with van der Waals surface area (Å²) in [6.07, 6.45) is 7.06. The van der Waals surface area contributed by atoms with Crippen molar-refractivity contribution in [1.82, 2.24) is 15.1 Å². The zero-order chi connectivity index (χ0) is 14.8. The minimum absolute atomic E-state index is 1.13. The summed E-state index contributed by atoms with van der Waals surface area (Å²) < 4.78 is 0. The molecule has 2 rings (SSSR count). The van der Waals surface area contributed by atoms with Crippen molar-refractivity contribution >= 4 is 0 Å². The van der Waals surface area contributed by atoms with Crippen LogP contribution in [0.2, 0.25) is 0 Å². The number of nitrogens with one attached hydrogen (secondary N) is 1. The summed E-state index contributed by atoms with van der Waals surface area (Å²) in [5.74, 6) is 0. The van der Waals surface area contributed by atoms with Gasteiger partial charge in [0.05, 0.1) is 0 Å². The topological polar surface area (TPSA) is 18.5 Å². The summed E-state index contributed by atoms with van der Waals surface area (Å²) in [5, 5.41) is 3.41. The van der Waals surface area contributed by atoms with E-state index in [1.807, 2.05) is 13.8 Å². The van der Waals surface area contributed by atoms with E-state index in [-0.39, 0.29) is 0 Å². The molecule has 1 saturated heterocycles. The highest BCUT2D eigenvalue weighted by Crippen LogP contribution is 2.20. The van der Waals surface area contributed by atoms with Gasteiger partial charge in [-0.3, -0.25) is 4.90 Å². The molecule has 1 aliphatic carbocycles. The van der Waals surface area contributed by atoms with Crippen molar-refractivity contribution in [3.05, 3.63) is 23.4 Å². The van der Waals surface area contributed by atoms with Gasteiger partial charge in [-0.2, -0.15) is 0 Å². The first-order chi connectivity index (χ1) is 9.79. The van der Waals surface area contributed by atoms with Crippen LogP contribution in [0.3, 0.4) is 0 Å². The molecule has 2 aliphatic rings. The maximum Gasteiger partial charge on any atom is 0.0302 e. The number of likely N-dealkylation sites (N-methyl/N-ethyl adjacent to an activating group) is 1. The molecule has 0 unspecified atom stereocenters. The van der Waals surface area contributed by atoms with Crippen LogP contribution in [0.1, 0.15) is 40.5 Å². The van der Waals surface area contributed by atoms with Gasteiger partial charge >= 0.3 is 0 Å². The van der Waals surface area contributed by atoms with Crippen molar-refractivity contribution in [2.75, 3.05) is 45.8 Å². The molecule has 0 amide bonds. The Hall–Kier alpha value is -0.800. The van der Waals surface area contributed by atoms with Gasteiger partial charge in [-0.1, -0.05) is 25.5 Å². The van der Waals surface area contributed by atoms with E-state index < -0.39 is 0 Å². The number of hydrogen-bond donors (Lipinski definition) is 1. The Morgan fingerprint density at radius 1 is 1.15 bits per heavy atom. The van der Waals surface area contributed by atoms with Crippen LogP contribution >= 0.6 is 0 Å². The van der Waals surface area contributed by atoms with E-state index in [9.17, 15) is 0 Å². The monoisotopic (exact) mass is 279 g/mol. The largest absolute Gasteiger partial charge is 0.374 e. The number of nitrogens with zero attached hydrogens (tertiary/aromatic N) is 2. The predicted molar refractivity (Wildman–Crippen MR) is 89.0 cm³/mol. The highest BCUT2D eigenvalue weighted by atomic mass is 15.2. The molecule has 0 spiro atoms. The first-order valence-electron chi connectivity index (χ1n) is 8.34. The first kappa shape index (κ1) is 17.3. The molecule has 0 bridgehead atoms. The lowest BCUT2D eigenvalue weighted by atomic mass is 10.0. The lowest BCUT2D eigenvalue weighted by molar-refractivity contribution is 0.208. The van der Waals surface area contributed by atoms with Gasteiger partial charge in [0.15, 0.2) is 0 Å². The lowest BCUT2D eigenvalue weighted by Crippen LogP contribution is -2.46. The highest BCUT2D eigenvalue weighted by molar-refractivity contribution is 5.22. The molecule has 0 saturated carbocycles. The van der Waals surface area contributed by atoms with Gasteiger partial charge < -0.3 is 10.2 Å². The predicted octanol–water partition coefficient (Wildman–Crippen LogP) is 2.86. The average molecular weight is 279 g/mol.